The number of fused-ring (bicyclic) bond motifs is 2. The quantitative estimate of drug-likeness (QED) is 0.800. The normalized spacial score (nSPS) is 31.1. The van der Waals surface area contributed by atoms with E-state index in [9.17, 15) is 5.11 Å². The fourth-order valence-corrected chi connectivity index (χ4v) is 3.86. The van der Waals surface area contributed by atoms with E-state index >= 15 is 0 Å². The summed E-state index contributed by atoms with van der Waals surface area (Å²) in [6, 6.07) is 0. The Kier molecular flexibility index (Phi) is 6.41. The van der Waals surface area contributed by atoms with E-state index in [1.54, 1.807) is 0 Å². The van der Waals surface area contributed by atoms with Crippen LogP contribution in [0.15, 0.2) is 11.8 Å². The van der Waals surface area contributed by atoms with Crippen molar-refractivity contribution < 1.29 is 9.84 Å². The summed E-state index contributed by atoms with van der Waals surface area (Å²) in [5.74, 6) is 2.78. The van der Waals surface area contributed by atoms with E-state index in [-0.39, 0.29) is 12.2 Å². The van der Waals surface area contributed by atoms with Gasteiger partial charge in [0.25, 0.3) is 0 Å². The Balaban J connectivity index is 1.92. The van der Waals surface area contributed by atoms with Crippen LogP contribution >= 0.6 is 0 Å². The monoisotopic (exact) mass is 280 g/mol. The fraction of sp³-hybridized carbons (Fsp3) is 0.889. The number of allylic oxidation sites excluding steroid dienone is 2. The molecular weight excluding hydrogens is 248 g/mol. The van der Waals surface area contributed by atoms with Crippen molar-refractivity contribution in [2.75, 3.05) is 0 Å². The summed E-state index contributed by atoms with van der Waals surface area (Å²) < 4.78 is 6.11. The summed E-state index contributed by atoms with van der Waals surface area (Å²) in [5, 5.41) is 9.46. The van der Waals surface area contributed by atoms with Crippen molar-refractivity contribution in [3.63, 3.8) is 0 Å². The molecule has 0 heterocycles. The maximum atomic E-state index is 9.46. The summed E-state index contributed by atoms with van der Waals surface area (Å²) >= 11 is 0. The SMILES string of the molecule is C[C@H](C[C@@H](C)O)OC1=C[C@H]2CCCCCCC[C@@H](C1)C2. The second-order valence-electron chi connectivity index (χ2n) is 7.06. The van der Waals surface area contributed by atoms with Gasteiger partial charge in [0.15, 0.2) is 0 Å². The van der Waals surface area contributed by atoms with Crippen LogP contribution in [0.5, 0.6) is 0 Å². The van der Waals surface area contributed by atoms with Crippen molar-refractivity contribution in [1.29, 1.82) is 0 Å². The first-order valence-corrected chi connectivity index (χ1v) is 8.69. The maximum Gasteiger partial charge on any atom is 0.0978 e. The second-order valence-corrected chi connectivity index (χ2v) is 7.06. The van der Waals surface area contributed by atoms with E-state index in [1.165, 1.54) is 57.1 Å². The highest BCUT2D eigenvalue weighted by molar-refractivity contribution is 5.04. The zero-order valence-corrected chi connectivity index (χ0v) is 13.3. The lowest BCUT2D eigenvalue weighted by Crippen LogP contribution is -2.21. The summed E-state index contributed by atoms with van der Waals surface area (Å²) in [4.78, 5) is 0. The molecule has 0 aromatic rings. The number of aliphatic hydroxyl groups excluding tert-OH is 1. The molecule has 0 aromatic heterocycles. The molecule has 0 aromatic carbocycles. The van der Waals surface area contributed by atoms with Crippen molar-refractivity contribution in [1.82, 2.24) is 0 Å². The first-order valence-electron chi connectivity index (χ1n) is 8.69. The highest BCUT2D eigenvalue weighted by atomic mass is 16.5. The van der Waals surface area contributed by atoms with Gasteiger partial charge in [0.05, 0.1) is 18.0 Å². The van der Waals surface area contributed by atoms with Crippen LogP contribution in [0.1, 0.15) is 78.1 Å². The number of hydrogen-bond donors (Lipinski definition) is 1. The van der Waals surface area contributed by atoms with Crippen LogP contribution in [0.4, 0.5) is 0 Å². The van der Waals surface area contributed by atoms with Crippen LogP contribution in [0.3, 0.4) is 0 Å². The van der Waals surface area contributed by atoms with Crippen molar-refractivity contribution in [3.05, 3.63) is 11.8 Å². The van der Waals surface area contributed by atoms with E-state index < -0.39 is 0 Å². The Morgan fingerprint density at radius 1 is 1.15 bits per heavy atom. The third kappa shape index (κ3) is 5.47. The van der Waals surface area contributed by atoms with Gasteiger partial charge in [-0.05, 0) is 51.0 Å². The fourth-order valence-electron chi connectivity index (χ4n) is 3.86. The lowest BCUT2D eigenvalue weighted by atomic mass is 9.79. The molecule has 1 saturated carbocycles. The lowest BCUT2D eigenvalue weighted by Gasteiger charge is -2.31. The topological polar surface area (TPSA) is 29.5 Å². The molecule has 0 unspecified atom stereocenters. The molecule has 2 nitrogen and oxygen atoms in total. The van der Waals surface area contributed by atoms with Crippen molar-refractivity contribution in [2.45, 2.75) is 90.3 Å². The summed E-state index contributed by atoms with van der Waals surface area (Å²) in [5.41, 5.74) is 0. The molecule has 2 bridgehead atoms. The van der Waals surface area contributed by atoms with Crippen LogP contribution in [0, 0.1) is 11.8 Å². The predicted octanol–water partition coefficient (Wildman–Crippen LogP) is 4.82. The average Bonchev–Trinajstić information content (AvgIpc) is 2.36. The number of rotatable bonds is 4. The van der Waals surface area contributed by atoms with Gasteiger partial charge >= 0.3 is 0 Å². The maximum absolute atomic E-state index is 9.46. The summed E-state index contributed by atoms with van der Waals surface area (Å²) in [6.45, 7) is 3.92. The van der Waals surface area contributed by atoms with E-state index in [0.717, 1.165) is 24.7 Å². The molecule has 2 heteroatoms. The number of hydrogen-bond acceptors (Lipinski definition) is 2. The van der Waals surface area contributed by atoms with Gasteiger partial charge in [-0.2, -0.15) is 0 Å². The smallest absolute Gasteiger partial charge is 0.0978 e. The second kappa shape index (κ2) is 8.07. The van der Waals surface area contributed by atoms with Gasteiger partial charge in [0.1, 0.15) is 0 Å². The Hall–Kier alpha value is -0.500. The lowest BCUT2D eigenvalue weighted by molar-refractivity contribution is 0.0586. The highest BCUT2D eigenvalue weighted by Crippen LogP contribution is 2.36. The van der Waals surface area contributed by atoms with Crippen molar-refractivity contribution in [2.24, 2.45) is 11.8 Å². The Morgan fingerprint density at radius 3 is 2.60 bits per heavy atom. The first-order chi connectivity index (χ1) is 9.63. The van der Waals surface area contributed by atoms with Gasteiger partial charge in [-0.1, -0.05) is 32.1 Å². The van der Waals surface area contributed by atoms with Gasteiger partial charge in [0.2, 0.25) is 0 Å². The standard InChI is InChI=1S/C18H32O2/c1-14(19)10-15(2)20-18-12-16-8-6-4-3-5-7-9-17(11-16)13-18/h12,14-17,19H,3-11,13H2,1-2H3/t14-,15-,16+,17-/m1/s1. The predicted molar refractivity (Wildman–Crippen MR) is 83.5 cm³/mol. The molecule has 2 rings (SSSR count). The number of aliphatic hydroxyl groups is 1. The van der Waals surface area contributed by atoms with Crippen molar-refractivity contribution in [3.8, 4) is 0 Å². The van der Waals surface area contributed by atoms with Gasteiger partial charge in [-0.15, -0.1) is 0 Å². The van der Waals surface area contributed by atoms with Gasteiger partial charge in [-0.25, -0.2) is 0 Å². The van der Waals surface area contributed by atoms with E-state index in [4.69, 9.17) is 4.74 Å². The minimum Gasteiger partial charge on any atom is -0.495 e. The molecule has 4 atom stereocenters. The molecule has 0 saturated heterocycles. The molecular formula is C18H32O2. The number of ether oxygens (including phenoxy) is 1. The zero-order chi connectivity index (χ0) is 14.4. The van der Waals surface area contributed by atoms with Crippen LogP contribution < -0.4 is 0 Å². The summed E-state index contributed by atoms with van der Waals surface area (Å²) in [6.07, 6.45) is 15.2. The molecule has 116 valence electrons. The Labute approximate surface area is 124 Å². The largest absolute Gasteiger partial charge is 0.495 e. The molecule has 0 radical (unpaired) electrons. The molecule has 0 aliphatic heterocycles. The minimum absolute atomic E-state index is 0.133. The molecule has 20 heavy (non-hydrogen) atoms. The molecule has 2 aliphatic rings. The van der Waals surface area contributed by atoms with E-state index in [0.29, 0.717) is 0 Å². The van der Waals surface area contributed by atoms with Gasteiger partial charge in [-0.3, -0.25) is 0 Å². The molecule has 0 spiro atoms. The third-order valence-electron chi connectivity index (χ3n) is 4.76. The molecule has 1 fully saturated rings. The van der Waals surface area contributed by atoms with Crippen LogP contribution in [0.2, 0.25) is 0 Å². The van der Waals surface area contributed by atoms with Crippen LogP contribution in [-0.4, -0.2) is 17.3 Å². The van der Waals surface area contributed by atoms with Crippen molar-refractivity contribution >= 4 is 0 Å². The molecule has 2 aliphatic carbocycles. The average molecular weight is 280 g/mol. The highest BCUT2D eigenvalue weighted by Gasteiger charge is 2.24. The van der Waals surface area contributed by atoms with E-state index in [2.05, 4.69) is 13.0 Å². The third-order valence-corrected chi connectivity index (χ3v) is 4.76. The van der Waals surface area contributed by atoms with Crippen LogP contribution in [0.25, 0.3) is 0 Å². The Morgan fingerprint density at radius 2 is 1.85 bits per heavy atom. The van der Waals surface area contributed by atoms with Gasteiger partial charge < -0.3 is 9.84 Å². The Bertz CT molecular complexity index is 309. The summed E-state index contributed by atoms with van der Waals surface area (Å²) in [7, 11) is 0. The minimum atomic E-state index is -0.272. The molecule has 1 N–H and O–H groups in total. The van der Waals surface area contributed by atoms with E-state index in [1.807, 2.05) is 6.92 Å². The van der Waals surface area contributed by atoms with Crippen LogP contribution in [-0.2, 0) is 4.74 Å². The zero-order valence-electron chi connectivity index (χ0n) is 13.3. The van der Waals surface area contributed by atoms with Gasteiger partial charge in [0, 0.05) is 12.8 Å². The first kappa shape index (κ1) is 15.9. The molecule has 0 amide bonds.